The lowest BCUT2D eigenvalue weighted by atomic mass is 10.3. The largest absolute Gasteiger partial charge is 0.397 e. The Balaban J connectivity index is 2.23. The minimum absolute atomic E-state index is 0.0228. The Kier molecular flexibility index (Phi) is 5.51. The summed E-state index contributed by atoms with van der Waals surface area (Å²) in [6.07, 6.45) is 2.41. The Morgan fingerprint density at radius 1 is 1.59 bits per heavy atom. The SMILES string of the molecule is Cn1cc(N)cc1C(=O)NCCCOCCO. The molecule has 4 N–H and O–H groups in total. The molecule has 6 heteroatoms. The van der Waals surface area contributed by atoms with Crippen LogP contribution in [-0.4, -0.2) is 41.9 Å². The van der Waals surface area contributed by atoms with Crippen molar-refractivity contribution >= 4 is 11.6 Å². The molecule has 6 nitrogen and oxygen atoms in total. The van der Waals surface area contributed by atoms with Gasteiger partial charge in [-0.3, -0.25) is 4.79 Å². The van der Waals surface area contributed by atoms with Gasteiger partial charge in [-0.25, -0.2) is 0 Å². The van der Waals surface area contributed by atoms with E-state index in [0.29, 0.717) is 37.6 Å². The third kappa shape index (κ3) is 4.46. The number of carbonyl (C=O) groups is 1. The van der Waals surface area contributed by atoms with Crippen LogP contribution in [0.2, 0.25) is 0 Å². The molecule has 1 rings (SSSR count). The van der Waals surface area contributed by atoms with Gasteiger partial charge in [0.1, 0.15) is 5.69 Å². The molecule has 0 unspecified atom stereocenters. The highest BCUT2D eigenvalue weighted by atomic mass is 16.5. The molecule has 0 aliphatic carbocycles. The molecule has 0 spiro atoms. The molecular weight excluding hydrogens is 222 g/mol. The van der Waals surface area contributed by atoms with Crippen LogP contribution in [0.5, 0.6) is 0 Å². The molecule has 0 radical (unpaired) electrons. The van der Waals surface area contributed by atoms with Gasteiger partial charge in [0.15, 0.2) is 0 Å². The number of aromatic nitrogens is 1. The third-order valence-corrected chi connectivity index (χ3v) is 2.25. The summed E-state index contributed by atoms with van der Waals surface area (Å²) in [6.45, 7) is 1.42. The van der Waals surface area contributed by atoms with Crippen molar-refractivity contribution in [2.45, 2.75) is 6.42 Å². The van der Waals surface area contributed by atoms with Crippen molar-refractivity contribution in [2.24, 2.45) is 7.05 Å². The summed E-state index contributed by atoms with van der Waals surface area (Å²) in [5.41, 5.74) is 6.70. The van der Waals surface area contributed by atoms with Gasteiger partial charge >= 0.3 is 0 Å². The molecule has 0 bridgehead atoms. The van der Waals surface area contributed by atoms with Crippen LogP contribution in [0.1, 0.15) is 16.9 Å². The maximum atomic E-state index is 11.7. The topological polar surface area (TPSA) is 89.5 Å². The minimum atomic E-state index is -0.147. The van der Waals surface area contributed by atoms with Crippen molar-refractivity contribution < 1.29 is 14.6 Å². The molecule has 0 saturated carbocycles. The Labute approximate surface area is 100 Å². The van der Waals surface area contributed by atoms with Gasteiger partial charge in [0.25, 0.3) is 5.91 Å². The van der Waals surface area contributed by atoms with Crippen molar-refractivity contribution in [2.75, 3.05) is 32.1 Å². The maximum Gasteiger partial charge on any atom is 0.267 e. The number of anilines is 1. The normalized spacial score (nSPS) is 10.5. The van der Waals surface area contributed by atoms with E-state index in [4.69, 9.17) is 15.6 Å². The Hall–Kier alpha value is -1.53. The standard InChI is InChI=1S/C11H19N3O3/c1-14-8-9(12)7-10(14)11(16)13-3-2-5-17-6-4-15/h7-8,15H,2-6,12H2,1H3,(H,13,16). The van der Waals surface area contributed by atoms with Crippen LogP contribution in [0.15, 0.2) is 12.3 Å². The van der Waals surface area contributed by atoms with Gasteiger partial charge in [-0.1, -0.05) is 0 Å². The van der Waals surface area contributed by atoms with Gasteiger partial charge in [0.2, 0.25) is 0 Å². The van der Waals surface area contributed by atoms with Crippen LogP contribution >= 0.6 is 0 Å². The average molecular weight is 241 g/mol. The molecule has 1 amide bonds. The summed E-state index contributed by atoms with van der Waals surface area (Å²) in [4.78, 5) is 11.7. The fourth-order valence-electron chi connectivity index (χ4n) is 1.45. The number of carbonyl (C=O) groups excluding carboxylic acids is 1. The summed E-state index contributed by atoms with van der Waals surface area (Å²) in [5, 5.41) is 11.3. The first-order valence-electron chi connectivity index (χ1n) is 5.53. The van der Waals surface area contributed by atoms with Gasteiger partial charge in [-0.2, -0.15) is 0 Å². The Morgan fingerprint density at radius 3 is 2.94 bits per heavy atom. The zero-order chi connectivity index (χ0) is 12.7. The zero-order valence-electron chi connectivity index (χ0n) is 9.98. The first kappa shape index (κ1) is 13.5. The summed E-state index contributed by atoms with van der Waals surface area (Å²) >= 11 is 0. The number of hydrogen-bond acceptors (Lipinski definition) is 4. The fourth-order valence-corrected chi connectivity index (χ4v) is 1.45. The van der Waals surface area contributed by atoms with Gasteiger partial charge < -0.3 is 25.5 Å². The second-order valence-electron chi connectivity index (χ2n) is 3.72. The van der Waals surface area contributed by atoms with Gasteiger partial charge in [0.05, 0.1) is 18.9 Å². The van der Waals surface area contributed by atoms with Crippen molar-refractivity contribution in [3.63, 3.8) is 0 Å². The van der Waals surface area contributed by atoms with Crippen LogP contribution in [0.3, 0.4) is 0 Å². The molecule has 1 heterocycles. The first-order valence-corrected chi connectivity index (χ1v) is 5.53. The molecule has 0 saturated heterocycles. The second kappa shape index (κ2) is 6.93. The lowest BCUT2D eigenvalue weighted by Gasteiger charge is -2.06. The van der Waals surface area contributed by atoms with Crippen LogP contribution < -0.4 is 11.1 Å². The zero-order valence-corrected chi connectivity index (χ0v) is 9.98. The van der Waals surface area contributed by atoms with E-state index in [9.17, 15) is 4.79 Å². The van der Waals surface area contributed by atoms with E-state index < -0.39 is 0 Å². The fraction of sp³-hybridized carbons (Fsp3) is 0.545. The molecule has 17 heavy (non-hydrogen) atoms. The molecule has 0 aliphatic rings. The summed E-state index contributed by atoms with van der Waals surface area (Å²) < 4.78 is 6.76. The number of amides is 1. The van der Waals surface area contributed by atoms with Crippen molar-refractivity contribution in [1.82, 2.24) is 9.88 Å². The van der Waals surface area contributed by atoms with Crippen LogP contribution in [0.4, 0.5) is 5.69 Å². The maximum absolute atomic E-state index is 11.7. The van der Waals surface area contributed by atoms with Crippen molar-refractivity contribution in [1.29, 1.82) is 0 Å². The van der Waals surface area contributed by atoms with Crippen LogP contribution in [-0.2, 0) is 11.8 Å². The molecule has 0 atom stereocenters. The molecule has 0 aliphatic heterocycles. The van der Waals surface area contributed by atoms with Gasteiger partial charge in [0, 0.05) is 26.4 Å². The lowest BCUT2D eigenvalue weighted by molar-refractivity contribution is 0.0864. The van der Waals surface area contributed by atoms with E-state index in [2.05, 4.69) is 5.32 Å². The van der Waals surface area contributed by atoms with E-state index >= 15 is 0 Å². The number of aliphatic hydroxyl groups is 1. The molecule has 1 aromatic heterocycles. The number of nitrogen functional groups attached to an aromatic ring is 1. The molecule has 0 fully saturated rings. The smallest absolute Gasteiger partial charge is 0.267 e. The summed E-state index contributed by atoms with van der Waals surface area (Å²) in [7, 11) is 1.77. The molecule has 0 aromatic carbocycles. The number of nitrogens with zero attached hydrogens (tertiary/aromatic N) is 1. The van der Waals surface area contributed by atoms with Crippen molar-refractivity contribution in [3.8, 4) is 0 Å². The number of hydrogen-bond donors (Lipinski definition) is 3. The number of aryl methyl sites for hydroxylation is 1. The van der Waals surface area contributed by atoms with Crippen LogP contribution in [0, 0.1) is 0 Å². The van der Waals surface area contributed by atoms with E-state index in [1.54, 1.807) is 23.9 Å². The lowest BCUT2D eigenvalue weighted by Crippen LogP contribution is -2.27. The van der Waals surface area contributed by atoms with E-state index in [1.165, 1.54) is 0 Å². The number of aliphatic hydroxyl groups excluding tert-OH is 1. The number of nitrogens with one attached hydrogen (secondary N) is 1. The number of ether oxygens (including phenoxy) is 1. The van der Waals surface area contributed by atoms with E-state index in [1.807, 2.05) is 0 Å². The first-order chi connectivity index (χ1) is 8.15. The van der Waals surface area contributed by atoms with E-state index in [-0.39, 0.29) is 12.5 Å². The predicted molar refractivity (Wildman–Crippen MR) is 64.7 cm³/mol. The highest BCUT2D eigenvalue weighted by Gasteiger charge is 2.09. The Morgan fingerprint density at radius 2 is 2.35 bits per heavy atom. The number of nitrogens with two attached hydrogens (primary N) is 1. The van der Waals surface area contributed by atoms with E-state index in [0.717, 1.165) is 0 Å². The average Bonchev–Trinajstić information content (AvgIpc) is 2.62. The molecular formula is C11H19N3O3. The summed E-state index contributed by atoms with van der Waals surface area (Å²) in [5.74, 6) is -0.147. The minimum Gasteiger partial charge on any atom is -0.397 e. The number of rotatable bonds is 7. The Bertz CT molecular complexity index is 363. The molecule has 96 valence electrons. The predicted octanol–water partition coefficient (Wildman–Crippen LogP) is -0.264. The van der Waals surface area contributed by atoms with Gasteiger partial charge in [-0.05, 0) is 12.5 Å². The monoisotopic (exact) mass is 241 g/mol. The third-order valence-electron chi connectivity index (χ3n) is 2.25. The molecule has 1 aromatic rings. The summed E-state index contributed by atoms with van der Waals surface area (Å²) in [6, 6.07) is 1.64. The van der Waals surface area contributed by atoms with Gasteiger partial charge in [-0.15, -0.1) is 0 Å². The highest BCUT2D eigenvalue weighted by molar-refractivity contribution is 5.93. The van der Waals surface area contributed by atoms with Crippen LogP contribution in [0.25, 0.3) is 0 Å². The highest BCUT2D eigenvalue weighted by Crippen LogP contribution is 2.08. The second-order valence-corrected chi connectivity index (χ2v) is 3.72. The van der Waals surface area contributed by atoms with Crippen molar-refractivity contribution in [3.05, 3.63) is 18.0 Å². The quantitative estimate of drug-likeness (QED) is 0.574.